The van der Waals surface area contributed by atoms with Crippen molar-refractivity contribution in [1.82, 2.24) is 9.97 Å². The van der Waals surface area contributed by atoms with Crippen LogP contribution in [0.1, 0.15) is 0 Å². The molecule has 2 rings (SSSR count). The number of alkyl halides is 3. The van der Waals surface area contributed by atoms with Crippen molar-refractivity contribution in [3.63, 3.8) is 0 Å². The normalized spacial score (nSPS) is 19.0. The molecule has 0 bridgehead atoms. The Labute approximate surface area is 104 Å². The van der Waals surface area contributed by atoms with Crippen LogP contribution in [0, 0.1) is 0 Å². The van der Waals surface area contributed by atoms with E-state index < -0.39 is 11.8 Å². The summed E-state index contributed by atoms with van der Waals surface area (Å²) in [7, 11) is 1.06. The number of methoxy groups -OCH3 is 1. The lowest BCUT2D eigenvalue weighted by atomic mass is 9.93. The number of ether oxygens (including phenoxy) is 1. The average Bonchev–Trinajstić information content (AvgIpc) is 2.17. The summed E-state index contributed by atoms with van der Waals surface area (Å²) in [5.74, 6) is 0.269. The van der Waals surface area contributed by atoms with Crippen LogP contribution in [-0.2, 0) is 4.74 Å². The molecule has 1 fully saturated rings. The number of nitrogens with zero attached hydrogens (tertiary/aromatic N) is 3. The first-order valence-corrected chi connectivity index (χ1v) is 5.52. The third-order valence-corrected chi connectivity index (χ3v) is 3.10. The van der Waals surface area contributed by atoms with Crippen molar-refractivity contribution in [2.45, 2.75) is 11.8 Å². The van der Waals surface area contributed by atoms with Gasteiger partial charge in [-0.05, 0) is 15.9 Å². The van der Waals surface area contributed by atoms with Crippen LogP contribution in [-0.4, -0.2) is 41.9 Å². The molecule has 4 nitrogen and oxygen atoms in total. The van der Waals surface area contributed by atoms with E-state index in [1.807, 2.05) is 0 Å². The van der Waals surface area contributed by atoms with Crippen LogP contribution < -0.4 is 4.90 Å². The van der Waals surface area contributed by atoms with E-state index in [0.29, 0.717) is 4.47 Å². The summed E-state index contributed by atoms with van der Waals surface area (Å²) in [4.78, 5) is 9.27. The van der Waals surface area contributed by atoms with Crippen LogP contribution in [0.3, 0.4) is 0 Å². The second kappa shape index (κ2) is 4.09. The number of rotatable bonds is 2. The first kappa shape index (κ1) is 12.6. The highest BCUT2D eigenvalue weighted by Gasteiger charge is 2.63. The van der Waals surface area contributed by atoms with Gasteiger partial charge in [0.1, 0.15) is 0 Å². The number of aromatic nitrogens is 2. The Bertz CT molecular complexity index is 403. The Morgan fingerprint density at radius 1 is 1.35 bits per heavy atom. The number of anilines is 1. The lowest BCUT2D eigenvalue weighted by molar-refractivity contribution is -0.277. The summed E-state index contributed by atoms with van der Waals surface area (Å²) in [6.45, 7) is -0.566. The van der Waals surface area contributed by atoms with Gasteiger partial charge in [0.25, 0.3) is 0 Å². The van der Waals surface area contributed by atoms with Crippen LogP contribution >= 0.6 is 15.9 Å². The predicted molar refractivity (Wildman–Crippen MR) is 57.7 cm³/mol. The highest BCUT2D eigenvalue weighted by atomic mass is 79.9. The van der Waals surface area contributed by atoms with Crippen molar-refractivity contribution in [2.24, 2.45) is 0 Å². The molecule has 0 saturated carbocycles. The smallest absolute Gasteiger partial charge is 0.365 e. The lowest BCUT2D eigenvalue weighted by Crippen LogP contribution is -2.70. The molecule has 0 atom stereocenters. The maximum Gasteiger partial charge on any atom is 0.420 e. The first-order chi connectivity index (χ1) is 7.88. The maximum absolute atomic E-state index is 12.7. The van der Waals surface area contributed by atoms with Gasteiger partial charge in [-0.25, -0.2) is 9.97 Å². The van der Waals surface area contributed by atoms with E-state index in [2.05, 4.69) is 30.6 Å². The molecule has 0 amide bonds. The highest BCUT2D eigenvalue weighted by molar-refractivity contribution is 9.10. The van der Waals surface area contributed by atoms with Gasteiger partial charge in [0, 0.05) is 19.5 Å². The van der Waals surface area contributed by atoms with Gasteiger partial charge in [-0.1, -0.05) is 0 Å². The van der Waals surface area contributed by atoms with Gasteiger partial charge in [-0.3, -0.25) is 0 Å². The van der Waals surface area contributed by atoms with Crippen molar-refractivity contribution < 1.29 is 17.9 Å². The molecular formula is C9H9BrF3N3O. The van der Waals surface area contributed by atoms with Gasteiger partial charge in [0.15, 0.2) is 5.60 Å². The summed E-state index contributed by atoms with van der Waals surface area (Å²) in [6, 6.07) is 0. The van der Waals surface area contributed by atoms with Gasteiger partial charge in [0.05, 0.1) is 17.6 Å². The van der Waals surface area contributed by atoms with Gasteiger partial charge in [0.2, 0.25) is 5.95 Å². The number of hydrogen-bond donors (Lipinski definition) is 0. The molecule has 1 aliphatic rings. The predicted octanol–water partition coefficient (Wildman–Crippen LogP) is 2.01. The molecule has 0 radical (unpaired) electrons. The standard InChI is InChI=1S/C9H9BrF3N3O/c1-17-8(9(11,12)13)4-16(5-8)7-14-2-6(10)3-15-7/h2-3H,4-5H2,1H3. The van der Waals surface area contributed by atoms with Crippen molar-refractivity contribution in [3.05, 3.63) is 16.9 Å². The summed E-state index contributed by atoms with van der Waals surface area (Å²) in [5, 5.41) is 0. The summed E-state index contributed by atoms with van der Waals surface area (Å²) in [6.07, 6.45) is -1.40. The second-order valence-corrected chi connectivity index (χ2v) is 4.67. The molecule has 17 heavy (non-hydrogen) atoms. The Hall–Kier alpha value is -0.890. The summed E-state index contributed by atoms with van der Waals surface area (Å²) in [5.41, 5.74) is -2.09. The molecule has 0 spiro atoms. The minimum Gasteiger partial charge on any atom is -0.365 e. The van der Waals surface area contributed by atoms with Crippen LogP contribution in [0.4, 0.5) is 19.1 Å². The van der Waals surface area contributed by atoms with E-state index in [4.69, 9.17) is 0 Å². The van der Waals surface area contributed by atoms with E-state index in [-0.39, 0.29) is 19.0 Å². The van der Waals surface area contributed by atoms with Crippen LogP contribution in [0.15, 0.2) is 16.9 Å². The number of halogens is 4. The fourth-order valence-corrected chi connectivity index (χ4v) is 1.81. The van der Waals surface area contributed by atoms with E-state index in [9.17, 15) is 13.2 Å². The highest BCUT2D eigenvalue weighted by Crippen LogP contribution is 2.41. The van der Waals surface area contributed by atoms with Gasteiger partial charge in [-0.15, -0.1) is 0 Å². The molecule has 1 aliphatic heterocycles. The molecule has 0 unspecified atom stereocenters. The molecule has 1 aromatic rings. The van der Waals surface area contributed by atoms with Crippen molar-refractivity contribution in [2.75, 3.05) is 25.1 Å². The van der Waals surface area contributed by atoms with E-state index in [1.54, 1.807) is 0 Å². The molecule has 1 aromatic heterocycles. The zero-order chi connectivity index (χ0) is 12.7. The van der Waals surface area contributed by atoms with E-state index in [1.165, 1.54) is 17.3 Å². The quantitative estimate of drug-likeness (QED) is 0.837. The minimum absolute atomic E-state index is 0.269. The maximum atomic E-state index is 12.7. The molecule has 94 valence electrons. The molecule has 2 heterocycles. The molecule has 0 aliphatic carbocycles. The monoisotopic (exact) mass is 311 g/mol. The zero-order valence-corrected chi connectivity index (χ0v) is 10.4. The van der Waals surface area contributed by atoms with E-state index in [0.717, 1.165) is 7.11 Å². The number of hydrogen-bond acceptors (Lipinski definition) is 4. The van der Waals surface area contributed by atoms with Gasteiger partial charge in [-0.2, -0.15) is 13.2 Å². The second-order valence-electron chi connectivity index (χ2n) is 3.75. The molecule has 0 N–H and O–H groups in total. The molecule has 1 saturated heterocycles. The average molecular weight is 312 g/mol. The Morgan fingerprint density at radius 3 is 2.29 bits per heavy atom. The molecule has 8 heteroatoms. The van der Waals surface area contributed by atoms with Gasteiger partial charge < -0.3 is 9.64 Å². The zero-order valence-electron chi connectivity index (χ0n) is 8.83. The van der Waals surface area contributed by atoms with Crippen LogP contribution in [0.25, 0.3) is 0 Å². The van der Waals surface area contributed by atoms with Crippen molar-refractivity contribution >= 4 is 21.9 Å². The fraction of sp³-hybridized carbons (Fsp3) is 0.556. The third kappa shape index (κ3) is 2.11. The SMILES string of the molecule is COC1(C(F)(F)F)CN(c2ncc(Br)cn2)C1. The third-order valence-electron chi connectivity index (χ3n) is 2.69. The summed E-state index contributed by atoms with van der Waals surface area (Å²) >= 11 is 3.15. The first-order valence-electron chi connectivity index (χ1n) is 4.72. The largest absolute Gasteiger partial charge is 0.420 e. The molecular weight excluding hydrogens is 303 g/mol. The van der Waals surface area contributed by atoms with E-state index >= 15 is 0 Å². The van der Waals surface area contributed by atoms with Crippen molar-refractivity contribution in [1.29, 1.82) is 0 Å². The van der Waals surface area contributed by atoms with Crippen LogP contribution in [0.5, 0.6) is 0 Å². The Morgan fingerprint density at radius 2 is 1.88 bits per heavy atom. The topological polar surface area (TPSA) is 38.2 Å². The molecule has 0 aromatic carbocycles. The Kier molecular flexibility index (Phi) is 3.03. The van der Waals surface area contributed by atoms with Crippen molar-refractivity contribution in [3.8, 4) is 0 Å². The lowest BCUT2D eigenvalue weighted by Gasteiger charge is -2.49. The Balaban J connectivity index is 2.09. The minimum atomic E-state index is -4.38. The summed E-state index contributed by atoms with van der Waals surface area (Å²) < 4.78 is 43.4. The van der Waals surface area contributed by atoms with Gasteiger partial charge >= 0.3 is 6.18 Å². The van der Waals surface area contributed by atoms with Crippen LogP contribution in [0.2, 0.25) is 0 Å². The fourth-order valence-electron chi connectivity index (χ4n) is 1.60.